The number of aromatic nitrogens is 8. The molecule has 6 aromatic rings. The molecular formula is C43H52N12O2. The number of hydrogen-bond donors (Lipinski definition) is 4. The SMILES string of the molecule is Cn1cc(Nc2cc(-c3cc4c(cn3)C(N)CCCC4)ccn2)cn1.Cn1cc(Nc2cc(-c3cc4c(cn3)C(NC(=O)OC(C)(C)C)CCCC4)ccn2)cn1. The number of nitrogens with one attached hydrogen (secondary N) is 3. The molecule has 2 aliphatic rings. The summed E-state index contributed by atoms with van der Waals surface area (Å²) in [6.45, 7) is 5.61. The second-order valence-corrected chi connectivity index (χ2v) is 15.7. The van der Waals surface area contributed by atoms with Crippen LogP contribution in [0.4, 0.5) is 27.8 Å². The van der Waals surface area contributed by atoms with Gasteiger partial charge in [-0.3, -0.25) is 19.3 Å². The van der Waals surface area contributed by atoms with Crippen molar-refractivity contribution in [1.29, 1.82) is 0 Å². The third-order valence-corrected chi connectivity index (χ3v) is 9.98. The zero-order valence-electron chi connectivity index (χ0n) is 33.4. The number of alkyl carbamates (subject to hydrolysis) is 1. The predicted molar refractivity (Wildman–Crippen MR) is 222 cm³/mol. The summed E-state index contributed by atoms with van der Waals surface area (Å²) in [5.74, 6) is 1.51. The fraction of sp³-hybridized carbons (Fsp3) is 0.372. The molecule has 2 aliphatic carbocycles. The van der Waals surface area contributed by atoms with Crippen LogP contribution in [0.3, 0.4) is 0 Å². The number of carbonyl (C=O) groups excluding carboxylic acids is 1. The van der Waals surface area contributed by atoms with Gasteiger partial charge in [0.1, 0.15) is 17.2 Å². The number of nitrogens with zero attached hydrogens (tertiary/aromatic N) is 8. The van der Waals surface area contributed by atoms with Crippen LogP contribution in [0, 0.1) is 0 Å². The Balaban J connectivity index is 0.000000179. The van der Waals surface area contributed by atoms with Gasteiger partial charge in [0.25, 0.3) is 0 Å². The minimum atomic E-state index is -0.525. The summed E-state index contributed by atoms with van der Waals surface area (Å²) in [7, 11) is 3.76. The van der Waals surface area contributed by atoms with Gasteiger partial charge in [-0.15, -0.1) is 0 Å². The second-order valence-electron chi connectivity index (χ2n) is 15.7. The monoisotopic (exact) mass is 768 g/mol. The first-order valence-corrected chi connectivity index (χ1v) is 19.6. The molecule has 5 N–H and O–H groups in total. The molecule has 1 amide bonds. The van der Waals surface area contributed by atoms with Crippen LogP contribution in [0.5, 0.6) is 0 Å². The molecule has 0 aliphatic heterocycles. The van der Waals surface area contributed by atoms with Crippen molar-refractivity contribution in [2.75, 3.05) is 10.6 Å². The lowest BCUT2D eigenvalue weighted by Crippen LogP contribution is -2.35. The zero-order chi connectivity index (χ0) is 39.9. The molecule has 296 valence electrons. The fourth-order valence-corrected chi connectivity index (χ4v) is 7.25. The molecule has 0 saturated heterocycles. The van der Waals surface area contributed by atoms with Gasteiger partial charge in [-0.1, -0.05) is 12.8 Å². The molecule has 14 nitrogen and oxygen atoms in total. The third-order valence-electron chi connectivity index (χ3n) is 9.98. The maximum Gasteiger partial charge on any atom is 0.408 e. The van der Waals surface area contributed by atoms with Crippen LogP contribution in [0.25, 0.3) is 22.5 Å². The molecule has 0 spiro atoms. The molecule has 0 aromatic carbocycles. The van der Waals surface area contributed by atoms with Gasteiger partial charge in [0.05, 0.1) is 41.2 Å². The first-order valence-electron chi connectivity index (χ1n) is 19.6. The highest BCUT2D eigenvalue weighted by Gasteiger charge is 2.25. The number of pyridine rings is 4. The van der Waals surface area contributed by atoms with Gasteiger partial charge >= 0.3 is 6.09 Å². The molecule has 0 bridgehead atoms. The number of ether oxygens (including phenoxy) is 1. The van der Waals surface area contributed by atoms with Crippen LogP contribution in [-0.2, 0) is 31.7 Å². The second kappa shape index (κ2) is 17.3. The van der Waals surface area contributed by atoms with E-state index in [1.165, 1.54) is 29.5 Å². The summed E-state index contributed by atoms with van der Waals surface area (Å²) < 4.78 is 8.95. The van der Waals surface area contributed by atoms with E-state index in [1.807, 2.05) is 83.9 Å². The lowest BCUT2D eigenvalue weighted by molar-refractivity contribution is 0.0500. The van der Waals surface area contributed by atoms with Gasteiger partial charge in [0.2, 0.25) is 0 Å². The Morgan fingerprint density at radius 3 is 1.77 bits per heavy atom. The van der Waals surface area contributed by atoms with Gasteiger partial charge in [0.15, 0.2) is 0 Å². The van der Waals surface area contributed by atoms with E-state index in [4.69, 9.17) is 15.5 Å². The van der Waals surface area contributed by atoms with Crippen molar-refractivity contribution in [3.05, 3.63) is 108 Å². The number of nitrogens with two attached hydrogens (primary N) is 1. The minimum absolute atomic E-state index is 0.0934. The van der Waals surface area contributed by atoms with Crippen molar-refractivity contribution in [1.82, 2.24) is 44.8 Å². The largest absolute Gasteiger partial charge is 0.444 e. The van der Waals surface area contributed by atoms with E-state index in [9.17, 15) is 4.79 Å². The summed E-state index contributed by atoms with van der Waals surface area (Å²) in [6.07, 6.45) is 22.8. The first-order chi connectivity index (χ1) is 27.5. The summed E-state index contributed by atoms with van der Waals surface area (Å²) in [5, 5.41) is 17.9. The van der Waals surface area contributed by atoms with Gasteiger partial charge in [-0.25, -0.2) is 14.8 Å². The predicted octanol–water partition coefficient (Wildman–Crippen LogP) is 8.26. The molecule has 8 rings (SSSR count). The molecule has 6 aromatic heterocycles. The highest BCUT2D eigenvalue weighted by molar-refractivity contribution is 5.70. The lowest BCUT2D eigenvalue weighted by atomic mass is 9.99. The van der Waals surface area contributed by atoms with Crippen LogP contribution in [0.2, 0.25) is 0 Å². The quantitative estimate of drug-likeness (QED) is 0.115. The Labute approximate surface area is 333 Å². The van der Waals surface area contributed by atoms with Gasteiger partial charge in [-0.2, -0.15) is 10.2 Å². The molecule has 2 unspecified atom stereocenters. The van der Waals surface area contributed by atoms with Crippen LogP contribution >= 0.6 is 0 Å². The molecule has 2 atom stereocenters. The number of fused-ring (bicyclic) bond motifs is 2. The summed E-state index contributed by atoms with van der Waals surface area (Å²) in [5.41, 5.74) is 16.2. The van der Waals surface area contributed by atoms with Crippen molar-refractivity contribution < 1.29 is 9.53 Å². The van der Waals surface area contributed by atoms with Crippen LogP contribution < -0.4 is 21.7 Å². The average molecular weight is 769 g/mol. The Morgan fingerprint density at radius 1 is 0.719 bits per heavy atom. The van der Waals surface area contributed by atoms with Crippen LogP contribution in [0.1, 0.15) is 93.6 Å². The Morgan fingerprint density at radius 2 is 1.25 bits per heavy atom. The van der Waals surface area contributed by atoms with Crippen molar-refractivity contribution >= 4 is 29.1 Å². The van der Waals surface area contributed by atoms with Gasteiger partial charge < -0.3 is 26.4 Å². The number of hydrogen-bond acceptors (Lipinski definition) is 11. The van der Waals surface area contributed by atoms with Crippen molar-refractivity contribution in [3.8, 4) is 22.5 Å². The molecule has 0 saturated carbocycles. The van der Waals surface area contributed by atoms with E-state index in [0.29, 0.717) is 0 Å². The molecule has 6 heterocycles. The zero-order valence-corrected chi connectivity index (χ0v) is 33.4. The highest BCUT2D eigenvalue weighted by atomic mass is 16.6. The standard InChI is InChI=1S/C24H30N6O2.C19H22N6/c1-24(2,3)32-23(31)29-20-8-6-5-7-16-11-21(26-14-19(16)20)17-9-10-25-22(12-17)28-18-13-27-30(4)15-18;1-25-12-15(10-23-25)24-19-9-14(6-7-21-19)18-8-13-4-2-3-5-17(20)16(13)11-22-18/h9-15,20H,5-8H2,1-4H3,(H,25,28)(H,29,31);6-12,17H,2-5,20H2,1H3,(H,21,24). The van der Waals surface area contributed by atoms with E-state index in [2.05, 4.69) is 53.2 Å². The summed E-state index contributed by atoms with van der Waals surface area (Å²) in [6, 6.07) is 12.3. The molecular weight excluding hydrogens is 717 g/mol. The average Bonchev–Trinajstić information content (AvgIpc) is 3.66. The molecule has 0 radical (unpaired) electrons. The number of aryl methyl sites for hydroxylation is 4. The number of amides is 1. The third kappa shape index (κ3) is 10.4. The van der Waals surface area contributed by atoms with Crippen LogP contribution in [0.15, 0.2) is 86.0 Å². The number of anilines is 4. The topological polar surface area (TPSA) is 176 Å². The normalized spacial score (nSPS) is 16.5. The molecule has 57 heavy (non-hydrogen) atoms. The first kappa shape index (κ1) is 39.1. The minimum Gasteiger partial charge on any atom is -0.444 e. The van der Waals surface area contributed by atoms with E-state index in [-0.39, 0.29) is 18.2 Å². The number of carbonyl (C=O) groups is 1. The summed E-state index contributed by atoms with van der Waals surface area (Å²) >= 11 is 0. The lowest BCUT2D eigenvalue weighted by Gasteiger charge is -2.24. The Bertz CT molecular complexity index is 2310. The Kier molecular flexibility index (Phi) is 11.9. The summed E-state index contributed by atoms with van der Waals surface area (Å²) in [4.78, 5) is 30.5. The molecule has 0 fully saturated rings. The van der Waals surface area contributed by atoms with E-state index in [1.54, 1.807) is 34.2 Å². The Hall–Kier alpha value is -6.15. The smallest absolute Gasteiger partial charge is 0.408 e. The van der Waals surface area contributed by atoms with E-state index < -0.39 is 5.60 Å². The van der Waals surface area contributed by atoms with Gasteiger partial charge in [0, 0.05) is 68.4 Å². The maximum absolute atomic E-state index is 12.4. The maximum atomic E-state index is 12.4. The fourth-order valence-electron chi connectivity index (χ4n) is 7.25. The highest BCUT2D eigenvalue weighted by Crippen LogP contribution is 2.33. The van der Waals surface area contributed by atoms with E-state index >= 15 is 0 Å². The number of rotatable bonds is 7. The molecule has 14 heteroatoms. The van der Waals surface area contributed by atoms with Crippen molar-refractivity contribution in [3.63, 3.8) is 0 Å². The van der Waals surface area contributed by atoms with Crippen molar-refractivity contribution in [2.45, 2.75) is 89.8 Å². The van der Waals surface area contributed by atoms with Crippen molar-refractivity contribution in [2.24, 2.45) is 19.8 Å². The van der Waals surface area contributed by atoms with Gasteiger partial charge in [-0.05, 0) is 118 Å². The van der Waals surface area contributed by atoms with E-state index in [0.717, 1.165) is 89.6 Å². The van der Waals surface area contributed by atoms with Crippen LogP contribution in [-0.4, -0.2) is 51.2 Å².